The lowest BCUT2D eigenvalue weighted by molar-refractivity contribution is -0.320. The summed E-state index contributed by atoms with van der Waals surface area (Å²) in [6.45, 7) is 3.00. The Morgan fingerprint density at radius 1 is 1.14 bits per heavy atom. The minimum Gasteiger partial charge on any atom is -0.463 e. The Morgan fingerprint density at radius 3 is 2.00 bits per heavy atom. The summed E-state index contributed by atoms with van der Waals surface area (Å²) < 4.78 is 87.4. The molecular formula is C10H16F4O6S. The molecule has 126 valence electrons. The average molecular weight is 340 g/mol. The lowest BCUT2D eigenvalue weighted by Crippen LogP contribution is -2.49. The van der Waals surface area contributed by atoms with Crippen molar-refractivity contribution in [2.45, 2.75) is 32.1 Å². The number of ether oxygens (including phenoxy) is 2. The van der Waals surface area contributed by atoms with Crippen LogP contribution >= 0.6 is 0 Å². The van der Waals surface area contributed by atoms with E-state index in [1.165, 1.54) is 6.92 Å². The number of esters is 1. The minimum absolute atomic E-state index is 0.0799. The lowest BCUT2D eigenvalue weighted by atomic mass is 9.99. The second-order valence-electron chi connectivity index (χ2n) is 4.56. The van der Waals surface area contributed by atoms with E-state index < -0.39 is 46.6 Å². The van der Waals surface area contributed by atoms with Crippen molar-refractivity contribution in [1.29, 1.82) is 0 Å². The predicted octanol–water partition coefficient (Wildman–Crippen LogP) is 1.91. The van der Waals surface area contributed by atoms with Crippen molar-refractivity contribution in [3.8, 4) is 0 Å². The molecule has 0 saturated carbocycles. The van der Waals surface area contributed by atoms with Crippen molar-refractivity contribution >= 4 is 16.1 Å². The monoisotopic (exact) mass is 340 g/mol. The van der Waals surface area contributed by atoms with E-state index in [-0.39, 0.29) is 5.92 Å². The van der Waals surface area contributed by atoms with Gasteiger partial charge in [0.05, 0.1) is 12.5 Å². The van der Waals surface area contributed by atoms with Crippen LogP contribution in [0, 0.1) is 11.8 Å². The molecule has 0 aromatic carbocycles. The lowest BCUT2D eigenvalue weighted by Gasteiger charge is -2.23. The third kappa shape index (κ3) is 5.08. The van der Waals surface area contributed by atoms with Crippen LogP contribution in [-0.4, -0.2) is 43.5 Å². The van der Waals surface area contributed by atoms with Gasteiger partial charge in [-0.1, -0.05) is 20.8 Å². The first kappa shape index (κ1) is 20.1. The first-order valence-corrected chi connectivity index (χ1v) is 7.21. The van der Waals surface area contributed by atoms with Gasteiger partial charge in [0.2, 0.25) is 0 Å². The van der Waals surface area contributed by atoms with Gasteiger partial charge in [-0.05, 0) is 5.92 Å². The maximum atomic E-state index is 12.9. The quantitative estimate of drug-likeness (QED) is 0.314. The van der Waals surface area contributed by atoms with E-state index >= 15 is 0 Å². The highest BCUT2D eigenvalue weighted by Crippen LogP contribution is 2.38. The summed E-state index contributed by atoms with van der Waals surface area (Å²) >= 11 is 0. The number of hydrogen-bond donors (Lipinski definition) is 1. The molecule has 1 N–H and O–H groups in total. The van der Waals surface area contributed by atoms with Gasteiger partial charge < -0.3 is 9.47 Å². The Bertz CT molecular complexity index is 462. The standard InChI is InChI=1S/C10H16F4O6S/c1-6(2)7(3)8(15)19-4-5-20-9(11,12)10(13,14)21(16,17)18/h6-7H,4-5H2,1-3H3,(H,16,17,18). The average Bonchev–Trinajstić information content (AvgIpc) is 2.31. The van der Waals surface area contributed by atoms with Crippen LogP contribution < -0.4 is 0 Å². The van der Waals surface area contributed by atoms with E-state index in [1.54, 1.807) is 13.8 Å². The summed E-state index contributed by atoms with van der Waals surface area (Å²) in [6, 6.07) is 0. The molecule has 1 atom stereocenters. The molecule has 0 bridgehead atoms. The highest BCUT2D eigenvalue weighted by atomic mass is 32.2. The smallest absolute Gasteiger partial charge is 0.459 e. The molecule has 0 fully saturated rings. The second-order valence-corrected chi connectivity index (χ2v) is 6.02. The topological polar surface area (TPSA) is 89.9 Å². The van der Waals surface area contributed by atoms with Crippen LogP contribution in [0.2, 0.25) is 0 Å². The first-order chi connectivity index (χ1) is 9.24. The summed E-state index contributed by atoms with van der Waals surface area (Å²) in [5.41, 5.74) is 0. The SMILES string of the molecule is CC(C)C(C)C(=O)OCCOC(F)(F)C(F)(F)S(=O)(=O)O. The van der Waals surface area contributed by atoms with Gasteiger partial charge in [0, 0.05) is 0 Å². The van der Waals surface area contributed by atoms with E-state index in [9.17, 15) is 30.8 Å². The second kappa shape index (κ2) is 6.88. The Kier molecular flexibility index (Phi) is 6.57. The van der Waals surface area contributed by atoms with Gasteiger partial charge >= 0.3 is 27.5 Å². The summed E-state index contributed by atoms with van der Waals surface area (Å²) in [7, 11) is -6.35. The number of carbonyl (C=O) groups excluding carboxylic acids is 1. The highest BCUT2D eigenvalue weighted by molar-refractivity contribution is 7.86. The summed E-state index contributed by atoms with van der Waals surface area (Å²) in [5, 5.41) is -5.81. The molecule has 6 nitrogen and oxygen atoms in total. The molecule has 0 aromatic rings. The molecular weight excluding hydrogens is 324 g/mol. The Hall–Kier alpha value is -0.940. The number of alkyl halides is 4. The molecule has 11 heteroatoms. The Morgan fingerprint density at radius 2 is 1.62 bits per heavy atom. The molecule has 0 spiro atoms. The number of rotatable bonds is 8. The van der Waals surface area contributed by atoms with E-state index in [1.807, 2.05) is 0 Å². The number of carbonyl (C=O) groups is 1. The molecule has 0 aliphatic heterocycles. The van der Waals surface area contributed by atoms with Crippen LogP contribution in [0.5, 0.6) is 0 Å². The molecule has 0 rings (SSSR count). The molecule has 0 radical (unpaired) electrons. The van der Waals surface area contributed by atoms with Crippen molar-refractivity contribution < 1.29 is 44.8 Å². The predicted molar refractivity (Wildman–Crippen MR) is 62.4 cm³/mol. The van der Waals surface area contributed by atoms with Gasteiger partial charge in [0.1, 0.15) is 6.61 Å². The maximum Gasteiger partial charge on any atom is 0.459 e. The molecule has 0 heterocycles. The molecule has 0 amide bonds. The normalized spacial score (nSPS) is 15.1. The van der Waals surface area contributed by atoms with Gasteiger partial charge in [0.15, 0.2) is 0 Å². The van der Waals surface area contributed by atoms with Crippen LogP contribution in [0.3, 0.4) is 0 Å². The van der Waals surface area contributed by atoms with Crippen LogP contribution in [-0.2, 0) is 24.4 Å². The highest BCUT2D eigenvalue weighted by Gasteiger charge is 2.67. The van der Waals surface area contributed by atoms with E-state index in [4.69, 9.17) is 4.55 Å². The van der Waals surface area contributed by atoms with Crippen LogP contribution in [0.1, 0.15) is 20.8 Å². The van der Waals surface area contributed by atoms with Crippen LogP contribution in [0.25, 0.3) is 0 Å². The summed E-state index contributed by atoms with van der Waals surface area (Å²) in [6.07, 6.45) is -5.46. The Balaban J connectivity index is 4.45. The molecule has 0 aliphatic carbocycles. The maximum absolute atomic E-state index is 12.9. The van der Waals surface area contributed by atoms with Gasteiger partial charge in [-0.15, -0.1) is 0 Å². The van der Waals surface area contributed by atoms with E-state index in [2.05, 4.69) is 9.47 Å². The third-order valence-corrected chi connectivity index (χ3v) is 3.53. The van der Waals surface area contributed by atoms with Crippen molar-refractivity contribution in [1.82, 2.24) is 0 Å². The number of hydrogen-bond acceptors (Lipinski definition) is 5. The first-order valence-electron chi connectivity index (χ1n) is 5.77. The van der Waals surface area contributed by atoms with Gasteiger partial charge in [-0.3, -0.25) is 9.35 Å². The van der Waals surface area contributed by atoms with Gasteiger partial charge in [0.25, 0.3) is 0 Å². The zero-order chi connectivity index (χ0) is 17.1. The van der Waals surface area contributed by atoms with Crippen LogP contribution in [0.4, 0.5) is 17.6 Å². The van der Waals surface area contributed by atoms with Crippen molar-refractivity contribution in [2.24, 2.45) is 11.8 Å². The third-order valence-electron chi connectivity index (χ3n) is 2.65. The largest absolute Gasteiger partial charge is 0.463 e. The van der Waals surface area contributed by atoms with Crippen LogP contribution in [0.15, 0.2) is 0 Å². The molecule has 21 heavy (non-hydrogen) atoms. The molecule has 0 aromatic heterocycles. The fourth-order valence-corrected chi connectivity index (χ4v) is 1.31. The fourth-order valence-electron chi connectivity index (χ4n) is 0.950. The van der Waals surface area contributed by atoms with Crippen molar-refractivity contribution in [2.75, 3.05) is 13.2 Å². The zero-order valence-corrected chi connectivity index (χ0v) is 12.3. The van der Waals surface area contributed by atoms with Crippen molar-refractivity contribution in [3.05, 3.63) is 0 Å². The van der Waals surface area contributed by atoms with Crippen molar-refractivity contribution in [3.63, 3.8) is 0 Å². The Labute approximate surface area is 119 Å². The molecule has 1 unspecified atom stereocenters. The van der Waals surface area contributed by atoms with E-state index in [0.717, 1.165) is 0 Å². The summed E-state index contributed by atoms with van der Waals surface area (Å²) in [4.78, 5) is 11.3. The van der Waals surface area contributed by atoms with E-state index in [0.29, 0.717) is 0 Å². The minimum atomic E-state index is -6.35. The summed E-state index contributed by atoms with van der Waals surface area (Å²) in [5.74, 6) is -1.35. The molecule has 0 saturated heterocycles. The van der Waals surface area contributed by atoms with Gasteiger partial charge in [-0.2, -0.15) is 26.0 Å². The van der Waals surface area contributed by atoms with Gasteiger partial charge in [-0.25, -0.2) is 0 Å². The fraction of sp³-hybridized carbons (Fsp3) is 0.900. The number of halogens is 4. The molecule has 0 aliphatic rings. The zero-order valence-electron chi connectivity index (χ0n) is 11.5.